The van der Waals surface area contributed by atoms with Crippen LogP contribution in [-0.2, 0) is 0 Å². The highest BCUT2D eigenvalue weighted by Gasteiger charge is 2.21. The summed E-state index contributed by atoms with van der Waals surface area (Å²) < 4.78 is 1.85. The number of fused-ring (bicyclic) bond motifs is 1. The van der Waals surface area contributed by atoms with Gasteiger partial charge >= 0.3 is 0 Å². The van der Waals surface area contributed by atoms with Gasteiger partial charge in [0.15, 0.2) is 11.4 Å². The molecule has 1 unspecified atom stereocenters. The zero-order chi connectivity index (χ0) is 13.7. The first-order chi connectivity index (χ1) is 9.26. The van der Waals surface area contributed by atoms with E-state index >= 15 is 0 Å². The van der Waals surface area contributed by atoms with E-state index in [1.165, 1.54) is 0 Å². The van der Waals surface area contributed by atoms with Crippen LogP contribution in [0.1, 0.15) is 56.4 Å². The molecular weight excluding hydrogens is 238 g/mol. The third-order valence-corrected chi connectivity index (χ3v) is 3.43. The molecule has 0 fully saturated rings. The van der Waals surface area contributed by atoms with Crippen molar-refractivity contribution in [2.45, 2.75) is 46.0 Å². The maximum absolute atomic E-state index is 12.5. The van der Waals surface area contributed by atoms with Crippen molar-refractivity contribution in [2.75, 3.05) is 0 Å². The molecule has 0 N–H and O–H groups in total. The van der Waals surface area contributed by atoms with Gasteiger partial charge in [-0.3, -0.25) is 9.78 Å². The van der Waals surface area contributed by atoms with E-state index in [1.807, 2.05) is 16.8 Å². The summed E-state index contributed by atoms with van der Waals surface area (Å²) in [7, 11) is 0. The minimum atomic E-state index is 0.114. The van der Waals surface area contributed by atoms with E-state index in [-0.39, 0.29) is 11.7 Å². The number of carbonyl (C=O) groups is 1. The Morgan fingerprint density at radius 3 is 2.84 bits per heavy atom. The second-order valence-electron chi connectivity index (χ2n) is 4.96. The smallest absolute Gasteiger partial charge is 0.185 e. The molecule has 0 aliphatic rings. The van der Waals surface area contributed by atoms with Crippen LogP contribution in [0, 0.1) is 5.92 Å². The zero-order valence-electron chi connectivity index (χ0n) is 11.7. The summed E-state index contributed by atoms with van der Waals surface area (Å²) in [6, 6.07) is 0. The zero-order valence-corrected chi connectivity index (χ0v) is 11.7. The second-order valence-corrected chi connectivity index (χ2v) is 4.96. The molecule has 0 aliphatic carbocycles. The van der Waals surface area contributed by atoms with Gasteiger partial charge in [0, 0.05) is 24.5 Å². The first-order valence-corrected chi connectivity index (χ1v) is 7.09. The lowest BCUT2D eigenvalue weighted by Gasteiger charge is -2.12. The van der Waals surface area contributed by atoms with Crippen molar-refractivity contribution in [3.63, 3.8) is 0 Å². The first kappa shape index (κ1) is 13.7. The SMILES string of the molecule is CCCCC(CCC)C(=O)c1cn2ccncc2n1. The maximum Gasteiger partial charge on any atom is 0.185 e. The Kier molecular flexibility index (Phi) is 4.66. The van der Waals surface area contributed by atoms with Crippen molar-refractivity contribution in [3.05, 3.63) is 30.5 Å². The summed E-state index contributed by atoms with van der Waals surface area (Å²) >= 11 is 0. The van der Waals surface area contributed by atoms with Gasteiger partial charge in [0.1, 0.15) is 5.69 Å². The van der Waals surface area contributed by atoms with Crippen LogP contribution in [0.25, 0.3) is 5.65 Å². The highest BCUT2D eigenvalue weighted by atomic mass is 16.1. The molecule has 19 heavy (non-hydrogen) atoms. The molecule has 0 bridgehead atoms. The summed E-state index contributed by atoms with van der Waals surface area (Å²) in [5.74, 6) is 0.293. The van der Waals surface area contributed by atoms with Crippen molar-refractivity contribution in [2.24, 2.45) is 5.92 Å². The van der Waals surface area contributed by atoms with E-state index in [0.717, 1.165) is 37.8 Å². The standard InChI is InChI=1S/C15H21N3O/c1-3-5-7-12(6-4-2)15(19)13-11-18-9-8-16-10-14(18)17-13/h8-12H,3-7H2,1-2H3. The minimum absolute atomic E-state index is 0.114. The highest BCUT2D eigenvalue weighted by molar-refractivity contribution is 5.96. The fourth-order valence-electron chi connectivity index (χ4n) is 2.38. The number of nitrogens with zero attached hydrogens (tertiary/aromatic N) is 3. The maximum atomic E-state index is 12.5. The van der Waals surface area contributed by atoms with E-state index in [9.17, 15) is 4.79 Å². The molecule has 0 aromatic carbocycles. The molecule has 102 valence electrons. The number of carbonyl (C=O) groups excluding carboxylic acids is 1. The molecule has 2 aromatic rings. The van der Waals surface area contributed by atoms with Crippen molar-refractivity contribution in [1.29, 1.82) is 0 Å². The predicted molar refractivity (Wildman–Crippen MR) is 75.2 cm³/mol. The third kappa shape index (κ3) is 3.19. The predicted octanol–water partition coefficient (Wildman–Crippen LogP) is 3.52. The fraction of sp³-hybridized carbons (Fsp3) is 0.533. The van der Waals surface area contributed by atoms with Crippen LogP contribution in [0.15, 0.2) is 24.8 Å². The summed E-state index contributed by atoms with van der Waals surface area (Å²) in [4.78, 5) is 20.9. The molecule has 2 aromatic heterocycles. The Bertz CT molecular complexity index is 514. The van der Waals surface area contributed by atoms with E-state index in [1.54, 1.807) is 12.4 Å². The van der Waals surface area contributed by atoms with Crippen LogP contribution in [-0.4, -0.2) is 20.2 Å². The van der Waals surface area contributed by atoms with Crippen molar-refractivity contribution in [3.8, 4) is 0 Å². The van der Waals surface area contributed by atoms with Crippen LogP contribution in [0.4, 0.5) is 0 Å². The number of Topliss-reactive ketones (excluding diaryl/α,β-unsaturated/α-hetero) is 1. The molecular formula is C15H21N3O. The van der Waals surface area contributed by atoms with Crippen LogP contribution in [0.5, 0.6) is 0 Å². The average molecular weight is 259 g/mol. The molecule has 4 nitrogen and oxygen atoms in total. The van der Waals surface area contributed by atoms with E-state index in [0.29, 0.717) is 5.69 Å². The molecule has 0 spiro atoms. The van der Waals surface area contributed by atoms with Crippen molar-refractivity contribution < 1.29 is 4.79 Å². The van der Waals surface area contributed by atoms with Crippen LogP contribution in [0.3, 0.4) is 0 Å². The molecule has 0 aliphatic heterocycles. The van der Waals surface area contributed by atoms with Gasteiger partial charge in [0.25, 0.3) is 0 Å². The number of hydrogen-bond donors (Lipinski definition) is 0. The molecule has 2 rings (SSSR count). The average Bonchev–Trinajstić information content (AvgIpc) is 2.86. The molecule has 0 amide bonds. The van der Waals surface area contributed by atoms with Crippen LogP contribution < -0.4 is 0 Å². The van der Waals surface area contributed by atoms with Gasteiger partial charge in [0.2, 0.25) is 0 Å². The van der Waals surface area contributed by atoms with Crippen LogP contribution in [0.2, 0.25) is 0 Å². The van der Waals surface area contributed by atoms with Gasteiger partial charge in [0.05, 0.1) is 6.20 Å². The van der Waals surface area contributed by atoms with E-state index in [4.69, 9.17) is 0 Å². The number of rotatable bonds is 7. The Balaban J connectivity index is 2.19. The Hall–Kier alpha value is -1.71. The monoisotopic (exact) mass is 259 g/mol. The van der Waals surface area contributed by atoms with Gasteiger partial charge in [-0.15, -0.1) is 0 Å². The molecule has 0 saturated heterocycles. The van der Waals surface area contributed by atoms with Crippen molar-refractivity contribution >= 4 is 11.4 Å². The summed E-state index contributed by atoms with van der Waals surface area (Å²) in [5, 5.41) is 0. The molecule has 2 heterocycles. The Morgan fingerprint density at radius 1 is 1.32 bits per heavy atom. The van der Waals surface area contributed by atoms with Gasteiger partial charge < -0.3 is 4.40 Å². The lowest BCUT2D eigenvalue weighted by Crippen LogP contribution is -2.15. The van der Waals surface area contributed by atoms with E-state index < -0.39 is 0 Å². The molecule has 4 heteroatoms. The van der Waals surface area contributed by atoms with Crippen LogP contribution >= 0.6 is 0 Å². The number of unbranched alkanes of at least 4 members (excludes halogenated alkanes) is 1. The van der Waals surface area contributed by atoms with Gasteiger partial charge in [-0.05, 0) is 12.8 Å². The fourth-order valence-corrected chi connectivity index (χ4v) is 2.38. The minimum Gasteiger partial charge on any atom is -0.304 e. The Morgan fingerprint density at radius 2 is 2.16 bits per heavy atom. The summed E-state index contributed by atoms with van der Waals surface area (Å²) in [6.45, 7) is 4.28. The highest BCUT2D eigenvalue weighted by Crippen LogP contribution is 2.20. The van der Waals surface area contributed by atoms with Gasteiger partial charge in [-0.2, -0.15) is 0 Å². The number of ketones is 1. The largest absolute Gasteiger partial charge is 0.304 e. The van der Waals surface area contributed by atoms with Gasteiger partial charge in [-0.25, -0.2) is 4.98 Å². The molecule has 0 saturated carbocycles. The topological polar surface area (TPSA) is 47.3 Å². The normalized spacial score (nSPS) is 12.7. The Labute approximate surface area is 113 Å². The second kappa shape index (κ2) is 6.45. The molecule has 0 radical (unpaired) electrons. The van der Waals surface area contributed by atoms with Gasteiger partial charge in [-0.1, -0.05) is 33.1 Å². The number of imidazole rings is 1. The quantitative estimate of drug-likeness (QED) is 0.715. The summed E-state index contributed by atoms with van der Waals surface area (Å²) in [5.41, 5.74) is 1.30. The number of aromatic nitrogens is 3. The lowest BCUT2D eigenvalue weighted by atomic mass is 9.91. The van der Waals surface area contributed by atoms with E-state index in [2.05, 4.69) is 23.8 Å². The third-order valence-electron chi connectivity index (χ3n) is 3.43. The lowest BCUT2D eigenvalue weighted by molar-refractivity contribution is 0.0899. The first-order valence-electron chi connectivity index (χ1n) is 7.09. The molecule has 1 atom stereocenters. The summed E-state index contributed by atoms with van der Waals surface area (Å²) in [6.07, 6.45) is 12.2. The van der Waals surface area contributed by atoms with Crippen molar-refractivity contribution in [1.82, 2.24) is 14.4 Å². The number of hydrogen-bond acceptors (Lipinski definition) is 3.